The average molecular weight is 595 g/mol. The third-order valence-electron chi connectivity index (χ3n) is 5.46. The average Bonchev–Trinajstić information content (AvgIpc) is 2.78. The lowest BCUT2D eigenvalue weighted by molar-refractivity contribution is -0.219. The summed E-state index contributed by atoms with van der Waals surface area (Å²) >= 11 is 3.26. The van der Waals surface area contributed by atoms with Gasteiger partial charge in [0.25, 0.3) is 0 Å². The largest absolute Gasteiger partial charge is 0.458 e. The van der Waals surface area contributed by atoms with Gasteiger partial charge in [-0.15, -0.1) is 0 Å². The fourth-order valence-corrected chi connectivity index (χ4v) is 4.94. The van der Waals surface area contributed by atoms with Crippen molar-refractivity contribution in [3.8, 4) is 11.5 Å². The number of carbonyl (C=O) groups excluding carboxylic acids is 5. The van der Waals surface area contributed by atoms with E-state index in [4.69, 9.17) is 28.4 Å². The highest BCUT2D eigenvalue weighted by molar-refractivity contribution is 9.09. The fourth-order valence-electron chi connectivity index (χ4n) is 4.25. The highest BCUT2D eigenvalue weighted by Crippen LogP contribution is 2.44. The highest BCUT2D eigenvalue weighted by atomic mass is 79.9. The first kappa shape index (κ1) is 29.1. The van der Waals surface area contributed by atoms with Crippen molar-refractivity contribution in [2.45, 2.75) is 70.5 Å². The smallest absolute Gasteiger partial charge is 0.308 e. The number of alkyl halides is 1. The van der Waals surface area contributed by atoms with E-state index in [-0.39, 0.29) is 17.9 Å². The second-order valence-corrected chi connectivity index (χ2v) is 9.43. The molecule has 0 spiro atoms. The van der Waals surface area contributed by atoms with E-state index in [0.717, 1.165) is 0 Å². The number of halogens is 1. The molecule has 1 heterocycles. The van der Waals surface area contributed by atoms with Crippen LogP contribution in [-0.4, -0.2) is 53.2 Å². The zero-order chi connectivity index (χ0) is 28.1. The summed E-state index contributed by atoms with van der Waals surface area (Å²) in [5, 5.41) is -0.126. The summed E-state index contributed by atoms with van der Waals surface area (Å²) in [6.07, 6.45) is -4.09. The second-order valence-electron chi connectivity index (χ2n) is 8.53. The Balaban J connectivity index is 2.15. The third-order valence-corrected chi connectivity index (χ3v) is 6.17. The predicted molar refractivity (Wildman–Crippen MR) is 134 cm³/mol. The molecule has 11 nitrogen and oxygen atoms in total. The Labute approximate surface area is 226 Å². The number of fused-ring (bicyclic) bond motifs is 1. The first-order valence-electron chi connectivity index (χ1n) is 11.6. The van der Waals surface area contributed by atoms with Gasteiger partial charge in [-0.25, -0.2) is 0 Å². The van der Waals surface area contributed by atoms with Crippen LogP contribution in [0.25, 0.3) is 10.8 Å². The van der Waals surface area contributed by atoms with Crippen LogP contribution in [-0.2, 0) is 42.9 Å². The fraction of sp³-hybridized carbons (Fsp3) is 0.423. The lowest BCUT2D eigenvalue weighted by atomic mass is 9.91. The van der Waals surface area contributed by atoms with E-state index < -0.39 is 59.3 Å². The van der Waals surface area contributed by atoms with E-state index in [1.165, 1.54) is 34.6 Å². The maximum Gasteiger partial charge on any atom is 0.308 e. The molecule has 38 heavy (non-hydrogen) atoms. The quantitative estimate of drug-likeness (QED) is 0.200. The van der Waals surface area contributed by atoms with Crippen LogP contribution in [0.4, 0.5) is 0 Å². The van der Waals surface area contributed by atoms with Gasteiger partial charge < -0.3 is 28.4 Å². The number of esters is 5. The summed E-state index contributed by atoms with van der Waals surface area (Å²) in [4.78, 5) is 59.2. The molecule has 0 aliphatic carbocycles. The van der Waals surface area contributed by atoms with Crippen molar-refractivity contribution >= 4 is 56.5 Å². The molecule has 1 fully saturated rings. The van der Waals surface area contributed by atoms with Crippen LogP contribution in [0.15, 0.2) is 30.3 Å². The van der Waals surface area contributed by atoms with E-state index in [9.17, 15) is 24.0 Å². The Morgan fingerprint density at radius 3 is 2.05 bits per heavy atom. The lowest BCUT2D eigenvalue weighted by Gasteiger charge is -2.42. The highest BCUT2D eigenvalue weighted by Gasteiger charge is 2.48. The maximum atomic E-state index is 12.1. The van der Waals surface area contributed by atoms with Gasteiger partial charge in [0.1, 0.15) is 23.7 Å². The number of benzene rings is 2. The van der Waals surface area contributed by atoms with Crippen molar-refractivity contribution in [2.24, 2.45) is 0 Å². The SMILES string of the molecule is CC(=O)Oc1cccc2c(OC(C)=O)c([C@H]3C[C@H](OC(C)=O)[C@H](OC(C)=O)[C@@H](C(Br)OC(C)=O)O3)ccc12. The Kier molecular flexibility index (Phi) is 9.45. The van der Waals surface area contributed by atoms with E-state index in [1.54, 1.807) is 30.3 Å². The van der Waals surface area contributed by atoms with Gasteiger partial charge in [0, 0.05) is 57.4 Å². The zero-order valence-electron chi connectivity index (χ0n) is 21.3. The normalized spacial score (nSPS) is 21.6. The Morgan fingerprint density at radius 2 is 1.47 bits per heavy atom. The van der Waals surface area contributed by atoms with Crippen LogP contribution in [0.1, 0.15) is 52.7 Å². The van der Waals surface area contributed by atoms with Gasteiger partial charge >= 0.3 is 29.8 Å². The molecule has 12 heteroatoms. The molecule has 0 saturated carbocycles. The van der Waals surface area contributed by atoms with Gasteiger partial charge in [0.2, 0.25) is 0 Å². The molecule has 1 aliphatic heterocycles. The molecule has 1 saturated heterocycles. The Hall–Kier alpha value is -3.51. The molecule has 0 bridgehead atoms. The van der Waals surface area contributed by atoms with Crippen LogP contribution in [0.2, 0.25) is 0 Å². The van der Waals surface area contributed by atoms with Gasteiger partial charge in [0.05, 0.1) is 6.10 Å². The monoisotopic (exact) mass is 594 g/mol. The minimum atomic E-state index is -1.12. The van der Waals surface area contributed by atoms with Gasteiger partial charge in [-0.05, 0) is 28.1 Å². The van der Waals surface area contributed by atoms with Crippen molar-refractivity contribution in [2.75, 3.05) is 0 Å². The van der Waals surface area contributed by atoms with Crippen molar-refractivity contribution in [1.82, 2.24) is 0 Å². The molecule has 2 aromatic carbocycles. The van der Waals surface area contributed by atoms with Crippen LogP contribution in [0.5, 0.6) is 11.5 Å². The van der Waals surface area contributed by atoms with Crippen molar-refractivity contribution in [3.63, 3.8) is 0 Å². The molecular weight excluding hydrogens is 568 g/mol. The molecule has 3 rings (SSSR count). The molecule has 5 atom stereocenters. The minimum Gasteiger partial charge on any atom is -0.458 e. The summed E-state index contributed by atoms with van der Waals surface area (Å²) < 4.78 is 33.3. The molecule has 0 N–H and O–H groups in total. The van der Waals surface area contributed by atoms with Crippen LogP contribution < -0.4 is 9.47 Å². The van der Waals surface area contributed by atoms with Crippen LogP contribution in [0.3, 0.4) is 0 Å². The van der Waals surface area contributed by atoms with Gasteiger partial charge in [-0.3, -0.25) is 24.0 Å². The van der Waals surface area contributed by atoms with Crippen molar-refractivity contribution in [1.29, 1.82) is 0 Å². The number of ether oxygens (including phenoxy) is 6. The molecule has 204 valence electrons. The molecular formula is C26H27BrO11. The molecule has 2 aromatic rings. The molecule has 1 unspecified atom stereocenters. The van der Waals surface area contributed by atoms with E-state index >= 15 is 0 Å². The first-order chi connectivity index (χ1) is 17.9. The summed E-state index contributed by atoms with van der Waals surface area (Å²) in [7, 11) is 0. The van der Waals surface area contributed by atoms with E-state index in [2.05, 4.69) is 15.9 Å². The number of hydrogen-bond acceptors (Lipinski definition) is 11. The summed E-state index contributed by atoms with van der Waals surface area (Å²) in [6, 6.07) is 8.22. The van der Waals surface area contributed by atoms with Crippen LogP contribution in [0, 0.1) is 0 Å². The Bertz CT molecular complexity index is 1260. The third kappa shape index (κ3) is 7.07. The number of hydrogen-bond donors (Lipinski definition) is 0. The van der Waals surface area contributed by atoms with Gasteiger partial charge in [-0.1, -0.05) is 18.2 Å². The second kappa shape index (κ2) is 12.4. The van der Waals surface area contributed by atoms with Crippen molar-refractivity contribution in [3.05, 3.63) is 35.9 Å². The molecule has 0 aromatic heterocycles. The maximum absolute atomic E-state index is 12.1. The van der Waals surface area contributed by atoms with Crippen LogP contribution >= 0.6 is 15.9 Å². The lowest BCUT2D eigenvalue weighted by Crippen LogP contribution is -2.53. The zero-order valence-corrected chi connectivity index (χ0v) is 22.9. The molecule has 0 amide bonds. The predicted octanol–water partition coefficient (Wildman–Crippen LogP) is 3.67. The first-order valence-corrected chi connectivity index (χ1v) is 12.5. The topological polar surface area (TPSA) is 141 Å². The number of carbonyl (C=O) groups is 5. The summed E-state index contributed by atoms with van der Waals surface area (Å²) in [5.41, 5.74) is 0.402. The standard InChI is InChI=1S/C26H27BrO11/c1-12(28)33-20-8-6-7-18-17(20)9-10-19(23(18)35-14(3)30)21-11-22(34-13(2)29)24(36-15(4)31)25(38-21)26(27)37-16(5)32/h6-10,21-22,24-26H,11H2,1-5H3/t21-,22+,24+,25+,26?/m1/s1. The molecule has 1 aliphatic rings. The van der Waals surface area contributed by atoms with Gasteiger partial charge in [0.15, 0.2) is 11.1 Å². The van der Waals surface area contributed by atoms with E-state index in [0.29, 0.717) is 16.3 Å². The summed E-state index contributed by atoms with van der Waals surface area (Å²) in [6.45, 7) is 6.09. The van der Waals surface area contributed by atoms with Gasteiger partial charge in [-0.2, -0.15) is 0 Å². The molecule has 0 radical (unpaired) electrons. The number of rotatable bonds is 7. The van der Waals surface area contributed by atoms with E-state index in [1.807, 2.05) is 0 Å². The summed E-state index contributed by atoms with van der Waals surface area (Å²) in [5.74, 6) is -2.66. The van der Waals surface area contributed by atoms with Crippen molar-refractivity contribution < 1.29 is 52.4 Å². The Morgan fingerprint density at radius 1 is 0.816 bits per heavy atom. The minimum absolute atomic E-state index is 0.0111.